The number of hydrogen-bond donors (Lipinski definition) is 3. The van der Waals surface area contributed by atoms with Gasteiger partial charge in [0.25, 0.3) is 0 Å². The predicted molar refractivity (Wildman–Crippen MR) is 245 cm³/mol. The zero-order valence-corrected chi connectivity index (χ0v) is 40.4. The van der Waals surface area contributed by atoms with Crippen molar-refractivity contribution in [2.75, 3.05) is 27.8 Å². The molecule has 66 heavy (non-hydrogen) atoms. The van der Waals surface area contributed by atoms with E-state index < -0.39 is 121 Å². The van der Waals surface area contributed by atoms with Gasteiger partial charge in [-0.05, 0) is 59.7 Å². The molecule has 9 unspecified atom stereocenters. The van der Waals surface area contributed by atoms with Crippen molar-refractivity contribution in [2.24, 2.45) is 5.92 Å². The molecule has 0 saturated carbocycles. The van der Waals surface area contributed by atoms with Crippen LogP contribution in [0, 0.1) is 5.92 Å². The average molecular weight is 930 g/mol. The Labute approximate surface area is 390 Å². The third kappa shape index (κ3) is 14.8. The summed E-state index contributed by atoms with van der Waals surface area (Å²) < 4.78 is 56.6. The minimum absolute atomic E-state index is 0.000375. The number of methoxy groups -OCH3 is 1. The standard InChI is InChI=1S/C50H75NO15/c1-12-38(53)63-37-28-40(55)60-32(5)22-17-15-20-26-36(52)31(4)29-50(14-3,59-27-21-25-35-23-18-16-19-24-35)47(45(37)58-11)66-48-43(56)42(51(9)10)44(33(6)62-48)65-41-30-49(8,57)46(34(7)61-41)64-39(54)13-2/h14-21,23-26,31-34,36-37,41-48,52,56-57H,3,12-13,22,27-30H2,1-2,4-11H3/b17-15+,25-21+,26-20+/t31-,32-,33?,34?,36+,37-,41?,42?,43?,44?,45+,46?,47-,48?,49?,50-/m1/s1. The van der Waals surface area contributed by atoms with Gasteiger partial charge in [0, 0.05) is 32.8 Å². The Morgan fingerprint density at radius 3 is 2.23 bits per heavy atom. The summed E-state index contributed by atoms with van der Waals surface area (Å²) in [6.45, 7) is 16.1. The van der Waals surface area contributed by atoms with E-state index in [1.165, 1.54) is 7.11 Å². The number of nitrogens with zero attached hydrogens (tertiary/aromatic N) is 1. The second kappa shape index (κ2) is 25.5. The fourth-order valence-corrected chi connectivity index (χ4v) is 8.78. The van der Waals surface area contributed by atoms with Crippen molar-refractivity contribution in [3.8, 4) is 0 Å². The Bertz CT molecular complexity index is 1790. The van der Waals surface area contributed by atoms with Crippen LogP contribution in [0.3, 0.4) is 0 Å². The van der Waals surface area contributed by atoms with E-state index in [9.17, 15) is 29.7 Å². The molecule has 3 heterocycles. The van der Waals surface area contributed by atoms with E-state index >= 15 is 0 Å². The maximum atomic E-state index is 13.7. The van der Waals surface area contributed by atoms with E-state index in [1.807, 2.05) is 55.5 Å². The maximum absolute atomic E-state index is 13.7. The number of ether oxygens (including phenoxy) is 9. The van der Waals surface area contributed by atoms with Gasteiger partial charge in [-0.1, -0.05) is 93.6 Å². The number of carbonyl (C=O) groups is 3. The van der Waals surface area contributed by atoms with Gasteiger partial charge < -0.3 is 62.9 Å². The number of carbonyl (C=O) groups excluding carboxylic acids is 3. The summed E-state index contributed by atoms with van der Waals surface area (Å²) in [5.41, 5.74) is -2.18. The lowest BCUT2D eigenvalue weighted by atomic mass is 9.80. The summed E-state index contributed by atoms with van der Waals surface area (Å²) in [7, 11) is 4.91. The molecule has 1 aromatic rings. The first kappa shape index (κ1) is 54.8. The van der Waals surface area contributed by atoms with E-state index in [4.69, 9.17) is 42.6 Å². The molecule has 4 rings (SSSR count). The fourth-order valence-electron chi connectivity index (χ4n) is 8.78. The SMILES string of the molecule is C=C[C@@]1(OC/C=C/c2ccccc2)C[C@@H](C)[C@@H](O)/C=C/C=C/C[C@@H](C)OC(=O)C[C@@H](OC(=O)CC)[C@H](OC)[C@H]1OC1OC(C)C(OC2CC(C)(O)C(OC(=O)CC)C(C)O2)C(N(C)C)C1O. The van der Waals surface area contributed by atoms with Crippen LogP contribution in [-0.4, -0.2) is 157 Å². The van der Waals surface area contributed by atoms with E-state index in [1.54, 1.807) is 84.8 Å². The molecule has 2 fully saturated rings. The third-order valence-corrected chi connectivity index (χ3v) is 12.3. The number of aliphatic hydroxyl groups excluding tert-OH is 2. The van der Waals surface area contributed by atoms with Gasteiger partial charge in [0.1, 0.15) is 47.8 Å². The number of hydrogen-bond acceptors (Lipinski definition) is 16. The van der Waals surface area contributed by atoms with Crippen molar-refractivity contribution < 1.29 is 72.3 Å². The lowest BCUT2D eigenvalue weighted by Gasteiger charge is -2.51. The van der Waals surface area contributed by atoms with E-state index in [2.05, 4.69) is 6.58 Å². The normalized spacial score (nSPS) is 38.3. The molecular formula is C50H75NO15. The van der Waals surface area contributed by atoms with Crippen molar-refractivity contribution in [1.29, 1.82) is 0 Å². The summed E-state index contributed by atoms with van der Waals surface area (Å²) in [5, 5.41) is 35.4. The lowest BCUT2D eigenvalue weighted by molar-refractivity contribution is -0.349. The number of cyclic esters (lactones) is 1. The minimum atomic E-state index is -1.60. The summed E-state index contributed by atoms with van der Waals surface area (Å²) in [6, 6.07) is 8.81. The van der Waals surface area contributed by atoms with Crippen molar-refractivity contribution >= 4 is 24.0 Å². The molecule has 0 amide bonds. The first-order valence-corrected chi connectivity index (χ1v) is 23.1. The van der Waals surface area contributed by atoms with Crippen LogP contribution in [0.1, 0.15) is 92.6 Å². The number of aliphatic hydroxyl groups is 3. The molecule has 16 nitrogen and oxygen atoms in total. The molecule has 3 N–H and O–H groups in total. The van der Waals surface area contributed by atoms with Crippen molar-refractivity contribution in [2.45, 2.75) is 178 Å². The minimum Gasteiger partial charge on any atom is -0.462 e. The number of esters is 3. The van der Waals surface area contributed by atoms with Crippen LogP contribution in [-0.2, 0) is 57.0 Å². The second-order valence-electron chi connectivity index (χ2n) is 18.0. The summed E-state index contributed by atoms with van der Waals surface area (Å²) in [5.74, 6) is -2.27. The highest BCUT2D eigenvalue weighted by Crippen LogP contribution is 2.40. The number of benzene rings is 1. The second-order valence-corrected chi connectivity index (χ2v) is 18.0. The van der Waals surface area contributed by atoms with Crippen LogP contribution < -0.4 is 0 Å². The Balaban J connectivity index is 1.81. The molecule has 3 aliphatic rings. The van der Waals surface area contributed by atoms with Gasteiger partial charge in [0.05, 0.1) is 37.4 Å². The van der Waals surface area contributed by atoms with Gasteiger partial charge in [-0.25, -0.2) is 0 Å². The Morgan fingerprint density at radius 1 is 0.924 bits per heavy atom. The highest BCUT2D eigenvalue weighted by atomic mass is 16.7. The quantitative estimate of drug-likeness (QED) is 0.118. The maximum Gasteiger partial charge on any atom is 0.309 e. The van der Waals surface area contributed by atoms with E-state index in [-0.39, 0.29) is 32.3 Å². The zero-order chi connectivity index (χ0) is 48.8. The lowest BCUT2D eigenvalue weighted by Crippen LogP contribution is -2.67. The molecule has 370 valence electrons. The van der Waals surface area contributed by atoms with Crippen molar-refractivity contribution in [3.05, 3.63) is 78.9 Å². The van der Waals surface area contributed by atoms with Crippen LogP contribution in [0.4, 0.5) is 0 Å². The third-order valence-electron chi connectivity index (χ3n) is 12.3. The molecule has 3 aliphatic heterocycles. The molecule has 0 spiro atoms. The smallest absolute Gasteiger partial charge is 0.309 e. The van der Waals surface area contributed by atoms with Gasteiger partial charge in [-0.15, -0.1) is 6.58 Å². The first-order chi connectivity index (χ1) is 31.3. The molecular weight excluding hydrogens is 855 g/mol. The fraction of sp³-hybridized carbons (Fsp3) is 0.660. The molecule has 0 aromatic heterocycles. The van der Waals surface area contributed by atoms with Crippen LogP contribution in [0.15, 0.2) is 73.4 Å². The van der Waals surface area contributed by atoms with Crippen LogP contribution >= 0.6 is 0 Å². The first-order valence-electron chi connectivity index (χ1n) is 23.1. The predicted octanol–water partition coefficient (Wildman–Crippen LogP) is 5.22. The molecule has 1 aromatic carbocycles. The number of allylic oxidation sites excluding steroid dienone is 2. The van der Waals surface area contributed by atoms with Gasteiger partial charge >= 0.3 is 17.9 Å². The van der Waals surface area contributed by atoms with Gasteiger partial charge in [-0.3, -0.25) is 14.4 Å². The Kier molecular flexibility index (Phi) is 21.2. The van der Waals surface area contributed by atoms with Gasteiger partial charge in [-0.2, -0.15) is 0 Å². The van der Waals surface area contributed by atoms with Crippen LogP contribution in [0.25, 0.3) is 6.08 Å². The van der Waals surface area contributed by atoms with E-state index in [0.29, 0.717) is 6.42 Å². The van der Waals surface area contributed by atoms with Crippen LogP contribution in [0.5, 0.6) is 0 Å². The summed E-state index contributed by atoms with van der Waals surface area (Å²) in [6.07, 6.45) is -0.407. The molecule has 0 aliphatic carbocycles. The Hall–Kier alpha value is -3.81. The summed E-state index contributed by atoms with van der Waals surface area (Å²) in [4.78, 5) is 40.8. The topological polar surface area (TPSA) is 198 Å². The largest absolute Gasteiger partial charge is 0.462 e. The monoisotopic (exact) mass is 930 g/mol. The van der Waals surface area contributed by atoms with Gasteiger partial charge in [0.15, 0.2) is 18.7 Å². The average Bonchev–Trinajstić information content (AvgIpc) is 3.26. The molecule has 0 radical (unpaired) electrons. The number of likely N-dealkylation sites (N-methyl/N-ethyl adjacent to an activating group) is 1. The molecule has 16 heteroatoms. The molecule has 2 saturated heterocycles. The highest BCUT2D eigenvalue weighted by molar-refractivity contribution is 5.72. The zero-order valence-electron chi connectivity index (χ0n) is 40.4. The van der Waals surface area contributed by atoms with Crippen molar-refractivity contribution in [3.63, 3.8) is 0 Å². The number of rotatable bonds is 15. The van der Waals surface area contributed by atoms with Gasteiger partial charge in [0.2, 0.25) is 0 Å². The molecule has 16 atom stereocenters. The van der Waals surface area contributed by atoms with Crippen LogP contribution in [0.2, 0.25) is 0 Å². The molecule has 0 bridgehead atoms. The highest BCUT2D eigenvalue weighted by Gasteiger charge is 2.55. The summed E-state index contributed by atoms with van der Waals surface area (Å²) >= 11 is 0. The van der Waals surface area contributed by atoms with E-state index in [0.717, 1.165) is 5.56 Å². The Morgan fingerprint density at radius 2 is 1.61 bits per heavy atom. The van der Waals surface area contributed by atoms with Crippen molar-refractivity contribution in [1.82, 2.24) is 4.90 Å².